The van der Waals surface area contributed by atoms with Crippen LogP contribution in [0.25, 0.3) is 0 Å². The molecule has 0 unspecified atom stereocenters. The Morgan fingerprint density at radius 3 is 2.64 bits per heavy atom. The van der Waals surface area contributed by atoms with Gasteiger partial charge in [0.05, 0.1) is 11.1 Å². The van der Waals surface area contributed by atoms with Crippen LogP contribution in [-0.4, -0.2) is 17.7 Å². The van der Waals surface area contributed by atoms with Gasteiger partial charge in [0.15, 0.2) is 5.78 Å². The monoisotopic (exact) mass is 292 g/mol. The second-order valence-electron chi connectivity index (χ2n) is 5.57. The summed E-state index contributed by atoms with van der Waals surface area (Å²) in [5.41, 5.74) is 3.49. The summed E-state index contributed by atoms with van der Waals surface area (Å²) in [6.07, 6.45) is 3.13. The van der Waals surface area contributed by atoms with Crippen LogP contribution < -0.4 is 0 Å². The normalized spacial score (nSPS) is 15.5. The number of fused-ring (bicyclic) bond motifs is 2. The first-order valence-electron chi connectivity index (χ1n) is 7.21. The van der Waals surface area contributed by atoms with Crippen molar-refractivity contribution in [3.05, 3.63) is 69.8 Å². The molecule has 0 amide bonds. The van der Waals surface area contributed by atoms with Crippen molar-refractivity contribution in [3.8, 4) is 0 Å². The Labute approximate surface area is 126 Å². The van der Waals surface area contributed by atoms with E-state index in [1.807, 2.05) is 12.1 Å². The van der Waals surface area contributed by atoms with Gasteiger partial charge < -0.3 is 4.74 Å². The maximum absolute atomic E-state index is 12.7. The van der Waals surface area contributed by atoms with Gasteiger partial charge in [0.2, 0.25) is 0 Å². The van der Waals surface area contributed by atoms with Gasteiger partial charge in [-0.15, -0.1) is 0 Å². The molecule has 22 heavy (non-hydrogen) atoms. The Hall–Kier alpha value is -2.75. The summed E-state index contributed by atoms with van der Waals surface area (Å²) >= 11 is 0. The van der Waals surface area contributed by atoms with E-state index in [0.717, 1.165) is 19.3 Å². The number of carbonyl (C=O) groups is 3. The standard InChI is InChI=1S/C18H12O4/c19-16(12-8-7-10-3-1-4-11(10)9-12)13-5-2-6-14-15(13)18(21)22-17(14)20/h2,5-9H,1,3-4H2. The van der Waals surface area contributed by atoms with Crippen molar-refractivity contribution in [2.75, 3.05) is 0 Å². The fourth-order valence-electron chi connectivity index (χ4n) is 3.19. The molecule has 0 atom stereocenters. The van der Waals surface area contributed by atoms with Gasteiger partial charge in [-0.25, -0.2) is 9.59 Å². The summed E-state index contributed by atoms with van der Waals surface area (Å²) in [6, 6.07) is 10.3. The van der Waals surface area contributed by atoms with Crippen molar-refractivity contribution in [2.24, 2.45) is 0 Å². The van der Waals surface area contributed by atoms with Crippen molar-refractivity contribution >= 4 is 17.7 Å². The molecule has 0 saturated carbocycles. The number of ether oxygens (including phenoxy) is 1. The lowest BCUT2D eigenvalue weighted by atomic mass is 9.94. The average Bonchev–Trinajstić information content (AvgIpc) is 3.11. The maximum atomic E-state index is 12.7. The molecule has 0 radical (unpaired) electrons. The van der Waals surface area contributed by atoms with Gasteiger partial charge in [-0.1, -0.05) is 24.3 Å². The lowest BCUT2D eigenvalue weighted by Crippen LogP contribution is -2.09. The predicted molar refractivity (Wildman–Crippen MR) is 78.1 cm³/mol. The maximum Gasteiger partial charge on any atom is 0.347 e. The molecule has 2 aromatic carbocycles. The van der Waals surface area contributed by atoms with Crippen LogP contribution in [0, 0.1) is 0 Å². The molecule has 0 fully saturated rings. The highest BCUT2D eigenvalue weighted by molar-refractivity contribution is 6.22. The Bertz CT molecular complexity index is 848. The fourth-order valence-corrected chi connectivity index (χ4v) is 3.19. The number of benzene rings is 2. The topological polar surface area (TPSA) is 60.4 Å². The zero-order valence-electron chi connectivity index (χ0n) is 11.7. The number of esters is 2. The Morgan fingerprint density at radius 1 is 0.955 bits per heavy atom. The number of hydrogen-bond acceptors (Lipinski definition) is 4. The molecule has 0 bridgehead atoms. The van der Waals surface area contributed by atoms with Gasteiger partial charge in [-0.3, -0.25) is 4.79 Å². The van der Waals surface area contributed by atoms with E-state index < -0.39 is 11.9 Å². The lowest BCUT2D eigenvalue weighted by molar-refractivity contribution is 0.0442. The first kappa shape index (κ1) is 13.0. The largest absolute Gasteiger partial charge is 0.386 e. The molecule has 108 valence electrons. The van der Waals surface area contributed by atoms with Crippen LogP contribution in [-0.2, 0) is 17.6 Å². The molecule has 0 N–H and O–H groups in total. The first-order valence-corrected chi connectivity index (χ1v) is 7.21. The van der Waals surface area contributed by atoms with Crippen molar-refractivity contribution in [1.29, 1.82) is 0 Å². The fraction of sp³-hybridized carbons (Fsp3) is 0.167. The third-order valence-corrected chi connectivity index (χ3v) is 4.28. The first-order chi connectivity index (χ1) is 10.6. The summed E-state index contributed by atoms with van der Waals surface area (Å²) in [7, 11) is 0. The smallest absolute Gasteiger partial charge is 0.347 e. The van der Waals surface area contributed by atoms with E-state index in [0.29, 0.717) is 5.56 Å². The number of rotatable bonds is 2. The molecule has 1 heterocycles. The van der Waals surface area contributed by atoms with Gasteiger partial charge >= 0.3 is 11.9 Å². The molecule has 4 rings (SSSR count). The van der Waals surface area contributed by atoms with E-state index in [1.54, 1.807) is 18.2 Å². The van der Waals surface area contributed by atoms with Gasteiger partial charge in [-0.2, -0.15) is 0 Å². The van der Waals surface area contributed by atoms with Gasteiger partial charge in [0.1, 0.15) is 0 Å². The third-order valence-electron chi connectivity index (χ3n) is 4.28. The third kappa shape index (κ3) is 1.80. The molecular formula is C18H12O4. The second-order valence-corrected chi connectivity index (χ2v) is 5.57. The van der Waals surface area contributed by atoms with Gasteiger partial charge in [0, 0.05) is 11.1 Å². The van der Waals surface area contributed by atoms with Crippen LogP contribution in [0.2, 0.25) is 0 Å². The lowest BCUT2D eigenvalue weighted by Gasteiger charge is -2.06. The Morgan fingerprint density at radius 2 is 1.77 bits per heavy atom. The highest BCUT2D eigenvalue weighted by Gasteiger charge is 2.34. The summed E-state index contributed by atoms with van der Waals surface area (Å²) in [4.78, 5) is 36.1. The zero-order chi connectivity index (χ0) is 15.3. The minimum Gasteiger partial charge on any atom is -0.386 e. The SMILES string of the molecule is O=C1OC(=O)c2c1cccc2C(=O)c1ccc2c(c1)CCC2. The minimum atomic E-state index is -0.745. The van der Waals surface area contributed by atoms with Crippen LogP contribution in [0.1, 0.15) is 54.2 Å². The molecule has 0 saturated heterocycles. The Kier molecular flexibility index (Phi) is 2.73. The number of ketones is 1. The molecule has 1 aliphatic heterocycles. The second kappa shape index (κ2) is 4.63. The summed E-state index contributed by atoms with van der Waals surface area (Å²) in [5, 5.41) is 0. The number of carbonyl (C=O) groups excluding carboxylic acids is 3. The van der Waals surface area contributed by atoms with E-state index in [-0.39, 0.29) is 22.5 Å². The van der Waals surface area contributed by atoms with Gasteiger partial charge in [-0.05, 0) is 42.5 Å². The highest BCUT2D eigenvalue weighted by atomic mass is 16.6. The molecule has 2 aliphatic rings. The molecular weight excluding hydrogens is 280 g/mol. The van der Waals surface area contributed by atoms with Crippen LogP contribution in [0.5, 0.6) is 0 Å². The van der Waals surface area contributed by atoms with Gasteiger partial charge in [0.25, 0.3) is 0 Å². The highest BCUT2D eigenvalue weighted by Crippen LogP contribution is 2.28. The quantitative estimate of drug-likeness (QED) is 0.485. The summed E-state index contributed by atoms with van der Waals surface area (Å²) in [6.45, 7) is 0. The van der Waals surface area contributed by atoms with Crippen LogP contribution >= 0.6 is 0 Å². The molecule has 0 spiro atoms. The van der Waals surface area contributed by atoms with Crippen molar-refractivity contribution < 1.29 is 19.1 Å². The van der Waals surface area contributed by atoms with Crippen molar-refractivity contribution in [1.82, 2.24) is 0 Å². The van der Waals surface area contributed by atoms with E-state index >= 15 is 0 Å². The van der Waals surface area contributed by atoms with Crippen LogP contribution in [0.4, 0.5) is 0 Å². The predicted octanol–water partition coefficient (Wildman–Crippen LogP) is 2.72. The van der Waals surface area contributed by atoms with E-state index in [9.17, 15) is 14.4 Å². The number of hydrogen-bond donors (Lipinski definition) is 0. The van der Waals surface area contributed by atoms with Crippen LogP contribution in [0.15, 0.2) is 36.4 Å². The van der Waals surface area contributed by atoms with E-state index in [2.05, 4.69) is 4.74 Å². The average molecular weight is 292 g/mol. The molecule has 1 aliphatic carbocycles. The molecule has 4 heteroatoms. The molecule has 2 aromatic rings. The minimum absolute atomic E-state index is 0.0815. The summed E-state index contributed by atoms with van der Waals surface area (Å²) in [5.74, 6) is -1.69. The van der Waals surface area contributed by atoms with E-state index in [1.165, 1.54) is 17.2 Å². The number of cyclic esters (lactones) is 2. The summed E-state index contributed by atoms with van der Waals surface area (Å²) < 4.78 is 4.60. The van der Waals surface area contributed by atoms with Crippen molar-refractivity contribution in [3.63, 3.8) is 0 Å². The zero-order valence-corrected chi connectivity index (χ0v) is 11.7. The van der Waals surface area contributed by atoms with Crippen LogP contribution in [0.3, 0.4) is 0 Å². The molecule has 0 aromatic heterocycles. The Balaban J connectivity index is 1.82. The van der Waals surface area contributed by atoms with E-state index in [4.69, 9.17) is 0 Å². The molecule has 4 nitrogen and oxygen atoms in total. The van der Waals surface area contributed by atoms with Crippen molar-refractivity contribution in [2.45, 2.75) is 19.3 Å². The number of aryl methyl sites for hydroxylation is 2.